The Balaban J connectivity index is 2.88. The van der Waals surface area contributed by atoms with Gasteiger partial charge >= 0.3 is 5.97 Å². The van der Waals surface area contributed by atoms with Crippen molar-refractivity contribution in [3.05, 3.63) is 0 Å². The first kappa shape index (κ1) is 13.4. The van der Waals surface area contributed by atoms with Crippen LogP contribution in [0.25, 0.3) is 0 Å². The zero-order valence-electron chi connectivity index (χ0n) is 8.59. The van der Waals surface area contributed by atoms with Crippen LogP contribution in [0, 0.1) is 0 Å². The zero-order valence-corrected chi connectivity index (χ0v) is 8.59. The van der Waals surface area contributed by atoms with E-state index in [1.165, 1.54) is 0 Å². The lowest BCUT2D eigenvalue weighted by atomic mass is 10.2. The number of carboxylic acids is 1. The van der Waals surface area contributed by atoms with E-state index in [9.17, 15) is 4.79 Å². The highest BCUT2D eigenvalue weighted by Crippen LogP contribution is 1.92. The van der Waals surface area contributed by atoms with E-state index in [4.69, 9.17) is 10.8 Å². The van der Waals surface area contributed by atoms with Crippen molar-refractivity contribution in [2.24, 2.45) is 5.73 Å². The molecule has 0 unspecified atom stereocenters. The summed E-state index contributed by atoms with van der Waals surface area (Å²) in [6, 6.07) is 0. The zero-order chi connectivity index (χ0) is 10.6. The summed E-state index contributed by atoms with van der Waals surface area (Å²) in [4.78, 5) is 10.2. The predicted molar refractivity (Wildman–Crippen MR) is 56.3 cm³/mol. The number of carbonyl (C=O) groups is 1. The van der Waals surface area contributed by atoms with E-state index in [2.05, 4.69) is 10.6 Å². The molecule has 0 spiro atoms. The summed E-state index contributed by atoms with van der Waals surface area (Å²) in [5.41, 5.74) is 5.30. The van der Waals surface area contributed by atoms with Gasteiger partial charge in [0.15, 0.2) is 0 Å². The van der Waals surface area contributed by atoms with Gasteiger partial charge in [0.1, 0.15) is 0 Å². The Hall–Kier alpha value is -0.650. The number of nitrogens with one attached hydrogen (secondary N) is 2. The van der Waals surface area contributed by atoms with Gasteiger partial charge in [0.2, 0.25) is 0 Å². The smallest absolute Gasteiger partial charge is 0.303 e. The third-order valence-corrected chi connectivity index (χ3v) is 1.79. The van der Waals surface area contributed by atoms with Crippen LogP contribution in [0.4, 0.5) is 0 Å². The van der Waals surface area contributed by atoms with Crippen molar-refractivity contribution in [1.82, 2.24) is 10.6 Å². The molecule has 0 radical (unpaired) electrons. The molecule has 0 atom stereocenters. The molecule has 14 heavy (non-hydrogen) atoms. The molecule has 5 N–H and O–H groups in total. The van der Waals surface area contributed by atoms with E-state index in [1.54, 1.807) is 0 Å². The summed E-state index contributed by atoms with van der Waals surface area (Å²) in [6.07, 6.45) is 1.94. The van der Waals surface area contributed by atoms with Gasteiger partial charge in [-0.1, -0.05) is 0 Å². The molecule has 0 saturated carbocycles. The van der Waals surface area contributed by atoms with Crippen molar-refractivity contribution < 1.29 is 9.90 Å². The Kier molecular flexibility index (Phi) is 9.95. The minimum atomic E-state index is -0.713. The van der Waals surface area contributed by atoms with E-state index < -0.39 is 5.97 Å². The minimum Gasteiger partial charge on any atom is -0.481 e. The van der Waals surface area contributed by atoms with Crippen LogP contribution in [0.3, 0.4) is 0 Å². The summed E-state index contributed by atoms with van der Waals surface area (Å²) in [7, 11) is 0. The van der Waals surface area contributed by atoms with Crippen LogP contribution in [0.2, 0.25) is 0 Å². The molecule has 0 aliphatic heterocycles. The molecule has 0 rings (SSSR count). The summed E-state index contributed by atoms with van der Waals surface area (Å²) in [5, 5.41) is 14.8. The van der Waals surface area contributed by atoms with Crippen LogP contribution in [-0.4, -0.2) is 43.8 Å². The normalized spacial score (nSPS) is 10.4. The quantitative estimate of drug-likeness (QED) is 0.355. The molecular weight excluding hydrogens is 182 g/mol. The maximum absolute atomic E-state index is 10.2. The standard InChI is InChI=1S/C9H21N3O2/c10-4-6-12-8-7-11-5-2-1-3-9(13)14/h11-12H,1-8,10H2,(H,13,14). The molecule has 0 aliphatic carbocycles. The van der Waals surface area contributed by atoms with Crippen molar-refractivity contribution in [1.29, 1.82) is 0 Å². The first-order valence-electron chi connectivity index (χ1n) is 5.10. The first-order valence-corrected chi connectivity index (χ1v) is 5.10. The second-order valence-electron chi connectivity index (χ2n) is 3.14. The Labute approximate surface area is 85.1 Å². The van der Waals surface area contributed by atoms with E-state index in [1.807, 2.05) is 0 Å². The van der Waals surface area contributed by atoms with Gasteiger partial charge in [-0.15, -0.1) is 0 Å². The number of rotatable bonds is 10. The van der Waals surface area contributed by atoms with Gasteiger partial charge in [0.05, 0.1) is 0 Å². The van der Waals surface area contributed by atoms with E-state index >= 15 is 0 Å². The minimum absolute atomic E-state index is 0.271. The molecular formula is C9H21N3O2. The van der Waals surface area contributed by atoms with Crippen LogP contribution in [0.15, 0.2) is 0 Å². The largest absolute Gasteiger partial charge is 0.481 e. The van der Waals surface area contributed by atoms with Gasteiger partial charge in [0, 0.05) is 32.6 Å². The number of hydrogen-bond donors (Lipinski definition) is 4. The molecule has 5 nitrogen and oxygen atoms in total. The Morgan fingerprint density at radius 1 is 1.07 bits per heavy atom. The number of nitrogens with two attached hydrogens (primary N) is 1. The van der Waals surface area contributed by atoms with Crippen LogP contribution >= 0.6 is 0 Å². The highest BCUT2D eigenvalue weighted by atomic mass is 16.4. The van der Waals surface area contributed by atoms with E-state index in [0.29, 0.717) is 6.54 Å². The lowest BCUT2D eigenvalue weighted by Crippen LogP contribution is -2.31. The Morgan fingerprint density at radius 2 is 1.71 bits per heavy atom. The molecule has 0 bridgehead atoms. The molecule has 0 fully saturated rings. The van der Waals surface area contributed by atoms with Crippen LogP contribution in [0.1, 0.15) is 19.3 Å². The summed E-state index contributed by atoms with van der Waals surface area (Å²) in [5.74, 6) is -0.713. The SMILES string of the molecule is NCCNCCNCCCCC(=O)O. The average Bonchev–Trinajstić information content (AvgIpc) is 2.15. The van der Waals surface area contributed by atoms with Crippen molar-refractivity contribution in [3.8, 4) is 0 Å². The molecule has 0 heterocycles. The van der Waals surface area contributed by atoms with Crippen molar-refractivity contribution in [2.45, 2.75) is 19.3 Å². The average molecular weight is 203 g/mol. The van der Waals surface area contributed by atoms with Gasteiger partial charge in [-0.2, -0.15) is 0 Å². The van der Waals surface area contributed by atoms with E-state index in [-0.39, 0.29) is 6.42 Å². The fourth-order valence-corrected chi connectivity index (χ4v) is 1.06. The van der Waals surface area contributed by atoms with Gasteiger partial charge in [-0.25, -0.2) is 0 Å². The number of hydrogen-bond acceptors (Lipinski definition) is 4. The Bertz CT molecular complexity index is 142. The molecule has 0 aromatic rings. The lowest BCUT2D eigenvalue weighted by Gasteiger charge is -2.04. The molecule has 0 aromatic heterocycles. The fourth-order valence-electron chi connectivity index (χ4n) is 1.06. The molecule has 0 saturated heterocycles. The van der Waals surface area contributed by atoms with Gasteiger partial charge in [-0.3, -0.25) is 4.79 Å². The number of unbranched alkanes of at least 4 members (excludes halogenated alkanes) is 1. The molecule has 5 heteroatoms. The topological polar surface area (TPSA) is 87.4 Å². The Morgan fingerprint density at radius 3 is 2.29 bits per heavy atom. The molecule has 84 valence electrons. The van der Waals surface area contributed by atoms with Crippen molar-refractivity contribution >= 4 is 5.97 Å². The van der Waals surface area contributed by atoms with Gasteiger partial charge in [-0.05, 0) is 19.4 Å². The van der Waals surface area contributed by atoms with Crippen molar-refractivity contribution in [3.63, 3.8) is 0 Å². The highest BCUT2D eigenvalue weighted by molar-refractivity contribution is 5.66. The van der Waals surface area contributed by atoms with Gasteiger partial charge < -0.3 is 21.5 Å². The van der Waals surface area contributed by atoms with Crippen molar-refractivity contribution in [2.75, 3.05) is 32.7 Å². The van der Waals surface area contributed by atoms with Gasteiger partial charge in [0.25, 0.3) is 0 Å². The van der Waals surface area contributed by atoms with Crippen LogP contribution in [-0.2, 0) is 4.79 Å². The lowest BCUT2D eigenvalue weighted by molar-refractivity contribution is -0.137. The molecule has 0 aromatic carbocycles. The maximum Gasteiger partial charge on any atom is 0.303 e. The van der Waals surface area contributed by atoms with E-state index in [0.717, 1.165) is 39.0 Å². The third kappa shape index (κ3) is 11.4. The summed E-state index contributed by atoms with van der Waals surface area (Å²) < 4.78 is 0. The number of carboxylic acid groups (broad SMARTS) is 1. The first-order chi connectivity index (χ1) is 6.77. The second kappa shape index (κ2) is 10.4. The monoisotopic (exact) mass is 203 g/mol. The number of aliphatic carboxylic acids is 1. The van der Waals surface area contributed by atoms with Crippen LogP contribution in [0.5, 0.6) is 0 Å². The maximum atomic E-state index is 10.2. The third-order valence-electron chi connectivity index (χ3n) is 1.79. The van der Waals surface area contributed by atoms with Crippen LogP contribution < -0.4 is 16.4 Å². The second-order valence-corrected chi connectivity index (χ2v) is 3.14. The summed E-state index contributed by atoms with van der Waals surface area (Å²) in [6.45, 7) is 4.22. The summed E-state index contributed by atoms with van der Waals surface area (Å²) >= 11 is 0. The molecule has 0 amide bonds. The molecule has 0 aliphatic rings. The predicted octanol–water partition coefficient (Wildman–Crippen LogP) is -0.621. The fraction of sp³-hybridized carbons (Fsp3) is 0.889. The highest BCUT2D eigenvalue weighted by Gasteiger charge is 1.95.